The highest BCUT2D eigenvalue weighted by molar-refractivity contribution is 5.67. The van der Waals surface area contributed by atoms with Crippen molar-refractivity contribution < 1.29 is 5.21 Å². The van der Waals surface area contributed by atoms with Crippen LogP contribution < -0.4 is 5.48 Å². The van der Waals surface area contributed by atoms with Crippen LogP contribution in [0, 0.1) is 0 Å². The van der Waals surface area contributed by atoms with Crippen LogP contribution in [0.5, 0.6) is 0 Å². The van der Waals surface area contributed by atoms with E-state index < -0.39 is 0 Å². The molecule has 0 aliphatic heterocycles. The van der Waals surface area contributed by atoms with E-state index in [1.165, 1.54) is 5.56 Å². The molecule has 0 amide bonds. The molecule has 17 heavy (non-hydrogen) atoms. The summed E-state index contributed by atoms with van der Waals surface area (Å²) in [6.45, 7) is 0. The lowest BCUT2D eigenvalue weighted by atomic mass is 9.99. The predicted octanol–water partition coefficient (Wildman–Crippen LogP) is 3.25. The Labute approximate surface area is 101 Å². The van der Waals surface area contributed by atoms with Gasteiger partial charge in [-0.05, 0) is 23.1 Å². The molecule has 0 aromatic heterocycles. The molecule has 0 aliphatic carbocycles. The number of nitrogens with one attached hydrogen (secondary N) is 1. The van der Waals surface area contributed by atoms with E-state index in [0.717, 1.165) is 17.6 Å². The van der Waals surface area contributed by atoms with Crippen LogP contribution in [0.4, 0.5) is 0 Å². The van der Waals surface area contributed by atoms with E-state index in [9.17, 15) is 0 Å². The van der Waals surface area contributed by atoms with Gasteiger partial charge in [-0.15, -0.1) is 0 Å². The van der Waals surface area contributed by atoms with E-state index in [0.29, 0.717) is 0 Å². The van der Waals surface area contributed by atoms with Crippen LogP contribution in [0.1, 0.15) is 11.1 Å². The van der Waals surface area contributed by atoms with Crippen molar-refractivity contribution in [1.29, 1.82) is 0 Å². The van der Waals surface area contributed by atoms with Gasteiger partial charge in [0, 0.05) is 6.20 Å². The van der Waals surface area contributed by atoms with Crippen molar-refractivity contribution in [3.63, 3.8) is 0 Å². The summed E-state index contributed by atoms with van der Waals surface area (Å²) in [6.07, 6.45) is 2.42. The summed E-state index contributed by atoms with van der Waals surface area (Å²) >= 11 is 0. The third-order valence-electron chi connectivity index (χ3n) is 2.62. The van der Waals surface area contributed by atoms with E-state index in [-0.39, 0.29) is 0 Å². The molecule has 2 aromatic carbocycles. The Morgan fingerprint density at radius 3 is 2.12 bits per heavy atom. The summed E-state index contributed by atoms with van der Waals surface area (Å²) in [6, 6.07) is 20.2. The molecule has 2 nitrogen and oxygen atoms in total. The molecule has 0 fully saturated rings. The first-order chi connectivity index (χ1) is 8.40. The fourth-order valence-corrected chi connectivity index (χ4v) is 1.78. The van der Waals surface area contributed by atoms with E-state index in [1.807, 2.05) is 48.5 Å². The minimum Gasteiger partial charge on any atom is -0.292 e. The van der Waals surface area contributed by atoms with Gasteiger partial charge in [-0.1, -0.05) is 60.7 Å². The molecule has 0 saturated heterocycles. The maximum Gasteiger partial charge on any atom is 0.0281 e. The van der Waals surface area contributed by atoms with Crippen LogP contribution in [0.15, 0.2) is 66.9 Å². The van der Waals surface area contributed by atoms with Crippen molar-refractivity contribution in [2.24, 2.45) is 0 Å². The van der Waals surface area contributed by atoms with Gasteiger partial charge in [0.1, 0.15) is 0 Å². The number of hydrogen-bond donors (Lipinski definition) is 2. The maximum atomic E-state index is 8.85. The second kappa shape index (κ2) is 5.87. The molecule has 0 bridgehead atoms. The number of benzene rings is 2. The largest absolute Gasteiger partial charge is 0.292 e. The van der Waals surface area contributed by atoms with Crippen molar-refractivity contribution in [1.82, 2.24) is 5.48 Å². The first-order valence-electron chi connectivity index (χ1n) is 5.58. The minimum absolute atomic E-state index is 0.790. The number of hydroxylamine groups is 1. The molecule has 0 atom stereocenters. The molecule has 2 heteroatoms. The van der Waals surface area contributed by atoms with Gasteiger partial charge in [-0.25, -0.2) is 0 Å². The van der Waals surface area contributed by atoms with Crippen LogP contribution in [0.3, 0.4) is 0 Å². The first kappa shape index (κ1) is 11.4. The van der Waals surface area contributed by atoms with Crippen LogP contribution in [0.2, 0.25) is 0 Å². The van der Waals surface area contributed by atoms with Crippen molar-refractivity contribution in [2.75, 3.05) is 0 Å². The lowest BCUT2D eigenvalue weighted by Crippen LogP contribution is -1.99. The van der Waals surface area contributed by atoms with Crippen LogP contribution in [-0.2, 0) is 6.42 Å². The highest BCUT2D eigenvalue weighted by Crippen LogP contribution is 2.18. The maximum absolute atomic E-state index is 8.85. The highest BCUT2D eigenvalue weighted by Gasteiger charge is 2.02. The zero-order valence-corrected chi connectivity index (χ0v) is 9.51. The van der Waals surface area contributed by atoms with Crippen molar-refractivity contribution in [2.45, 2.75) is 6.42 Å². The Bertz CT molecular complexity index is 477. The topological polar surface area (TPSA) is 32.3 Å². The first-order valence-corrected chi connectivity index (χ1v) is 5.58. The molecule has 0 unspecified atom stereocenters. The molecule has 0 heterocycles. The highest BCUT2D eigenvalue weighted by atomic mass is 16.5. The van der Waals surface area contributed by atoms with Gasteiger partial charge in [-0.3, -0.25) is 10.7 Å². The second-order valence-electron chi connectivity index (χ2n) is 3.83. The zero-order valence-electron chi connectivity index (χ0n) is 9.51. The smallest absolute Gasteiger partial charge is 0.0281 e. The molecule has 2 N–H and O–H groups in total. The third-order valence-corrected chi connectivity index (χ3v) is 2.62. The molecule has 2 rings (SSSR count). The monoisotopic (exact) mass is 225 g/mol. The summed E-state index contributed by atoms with van der Waals surface area (Å²) < 4.78 is 0. The quantitative estimate of drug-likeness (QED) is 0.783. The predicted molar refractivity (Wildman–Crippen MR) is 69.5 cm³/mol. The van der Waals surface area contributed by atoms with Crippen LogP contribution in [0.25, 0.3) is 5.57 Å². The van der Waals surface area contributed by atoms with Gasteiger partial charge in [0.15, 0.2) is 0 Å². The summed E-state index contributed by atoms with van der Waals surface area (Å²) in [5, 5.41) is 8.85. The van der Waals surface area contributed by atoms with Crippen molar-refractivity contribution in [3.05, 3.63) is 78.0 Å². The standard InChI is InChI=1S/C15H15NO/c17-16-12-15(14-9-5-2-6-10-14)11-13-7-3-1-4-8-13/h1-10,12,16-17H,11H2/b15-12+. The number of rotatable bonds is 4. The number of hydrogen-bond acceptors (Lipinski definition) is 2. The molecule has 0 radical (unpaired) electrons. The van der Waals surface area contributed by atoms with Gasteiger partial charge in [0.05, 0.1) is 0 Å². The van der Waals surface area contributed by atoms with Gasteiger partial charge in [-0.2, -0.15) is 0 Å². The molecule has 0 saturated carbocycles. The molecular weight excluding hydrogens is 210 g/mol. The minimum atomic E-state index is 0.790. The van der Waals surface area contributed by atoms with E-state index in [4.69, 9.17) is 5.21 Å². The summed E-state index contributed by atoms with van der Waals surface area (Å²) in [5.41, 5.74) is 5.51. The fourth-order valence-electron chi connectivity index (χ4n) is 1.78. The van der Waals surface area contributed by atoms with E-state index in [2.05, 4.69) is 17.6 Å². The summed E-state index contributed by atoms with van der Waals surface area (Å²) in [5.74, 6) is 0. The lowest BCUT2D eigenvalue weighted by Gasteiger charge is -2.07. The molecule has 0 aliphatic rings. The Morgan fingerprint density at radius 1 is 0.941 bits per heavy atom. The normalized spacial score (nSPS) is 11.2. The van der Waals surface area contributed by atoms with Gasteiger partial charge < -0.3 is 0 Å². The van der Waals surface area contributed by atoms with E-state index >= 15 is 0 Å². The Morgan fingerprint density at radius 2 is 1.53 bits per heavy atom. The SMILES string of the molecule is ON/C=C(\Cc1ccccc1)c1ccccc1. The second-order valence-corrected chi connectivity index (χ2v) is 3.83. The third kappa shape index (κ3) is 3.20. The molecule has 0 spiro atoms. The number of allylic oxidation sites excluding steroid dienone is 1. The fraction of sp³-hybridized carbons (Fsp3) is 0.0667. The lowest BCUT2D eigenvalue weighted by molar-refractivity contribution is 0.215. The average molecular weight is 225 g/mol. The van der Waals surface area contributed by atoms with Gasteiger partial charge in [0.25, 0.3) is 0 Å². The average Bonchev–Trinajstić information content (AvgIpc) is 2.40. The van der Waals surface area contributed by atoms with Gasteiger partial charge >= 0.3 is 0 Å². The Balaban J connectivity index is 2.23. The van der Waals surface area contributed by atoms with Crippen LogP contribution in [-0.4, -0.2) is 5.21 Å². The van der Waals surface area contributed by atoms with Gasteiger partial charge in [0.2, 0.25) is 0 Å². The molecule has 2 aromatic rings. The van der Waals surface area contributed by atoms with Crippen LogP contribution >= 0.6 is 0 Å². The molecular formula is C15H15NO. The van der Waals surface area contributed by atoms with Crippen molar-refractivity contribution >= 4 is 5.57 Å². The summed E-state index contributed by atoms with van der Waals surface area (Å²) in [7, 11) is 0. The molecule has 86 valence electrons. The summed E-state index contributed by atoms with van der Waals surface area (Å²) in [4.78, 5) is 0. The zero-order chi connectivity index (χ0) is 11.9. The van der Waals surface area contributed by atoms with E-state index in [1.54, 1.807) is 6.20 Å². The Kier molecular flexibility index (Phi) is 3.95. The van der Waals surface area contributed by atoms with Crippen molar-refractivity contribution in [3.8, 4) is 0 Å². The Hall–Kier alpha value is -2.06.